The summed E-state index contributed by atoms with van der Waals surface area (Å²) in [5, 5.41) is 8.72. The largest absolute Gasteiger partial charge is 0.456 e. The monoisotopic (exact) mass is 1230 g/mol. The van der Waals surface area contributed by atoms with Gasteiger partial charge in [-0.25, -0.2) is 0 Å². The van der Waals surface area contributed by atoms with E-state index in [1.54, 1.807) is 0 Å². The van der Waals surface area contributed by atoms with Gasteiger partial charge >= 0.3 is 0 Å². The summed E-state index contributed by atoms with van der Waals surface area (Å²) in [6, 6.07) is 110. The van der Waals surface area contributed by atoms with Gasteiger partial charge in [0.1, 0.15) is 22.3 Å². The van der Waals surface area contributed by atoms with Crippen molar-refractivity contribution in [2.45, 2.75) is 52.4 Å². The van der Waals surface area contributed by atoms with Crippen LogP contribution in [0.5, 0.6) is 0 Å². The Bertz CT molecular complexity index is 5010. The zero-order valence-electron chi connectivity index (χ0n) is 53.1. The zero-order valence-corrected chi connectivity index (χ0v) is 53.8. The average Bonchev–Trinajstić information content (AvgIpc) is 1.68. The van der Waals surface area contributed by atoms with Gasteiger partial charge in [-0.05, 0) is 136 Å². The molecule has 454 valence electrons. The van der Waals surface area contributed by atoms with Crippen LogP contribution in [0, 0.1) is 0 Å². The van der Waals surface area contributed by atoms with Crippen LogP contribution in [0.2, 0.25) is 5.02 Å². The maximum absolute atomic E-state index is 6.72. The highest BCUT2D eigenvalue weighted by Crippen LogP contribution is 2.50. The van der Waals surface area contributed by atoms with Gasteiger partial charge in [0.2, 0.25) is 0 Å². The normalized spacial score (nSPS) is 11.6. The second-order valence-electron chi connectivity index (χ2n) is 25.6. The summed E-state index contributed by atoms with van der Waals surface area (Å²) < 4.78 is 13.2. The number of fused-ring (bicyclic) bond motifs is 6. The van der Waals surface area contributed by atoms with Gasteiger partial charge in [0.25, 0.3) is 0 Å². The Morgan fingerprint density at radius 2 is 0.699 bits per heavy atom. The first-order valence-corrected chi connectivity index (χ1v) is 32.1. The van der Waals surface area contributed by atoms with Crippen molar-refractivity contribution in [3.63, 3.8) is 0 Å². The summed E-state index contributed by atoms with van der Waals surface area (Å²) in [7, 11) is 0. The van der Waals surface area contributed by atoms with E-state index in [2.05, 4.69) is 335 Å². The Morgan fingerprint density at radius 3 is 1.19 bits per heavy atom. The van der Waals surface area contributed by atoms with Gasteiger partial charge in [-0.2, -0.15) is 0 Å². The quantitative estimate of drug-likeness (QED) is 0.124. The van der Waals surface area contributed by atoms with E-state index >= 15 is 0 Å². The van der Waals surface area contributed by atoms with Crippen LogP contribution in [-0.4, -0.2) is 0 Å². The zero-order chi connectivity index (χ0) is 63.6. The fourth-order valence-electron chi connectivity index (χ4n) is 12.6. The van der Waals surface area contributed by atoms with E-state index in [0.717, 1.165) is 123 Å². The van der Waals surface area contributed by atoms with Gasteiger partial charge < -0.3 is 28.9 Å². The summed E-state index contributed by atoms with van der Waals surface area (Å²) in [5.41, 5.74) is 22.0. The molecule has 2 aromatic heterocycles. The second-order valence-corrected chi connectivity index (χ2v) is 26.0. The molecule has 0 aliphatic carbocycles. The molecule has 2 heterocycles. The topological polar surface area (TPSA) is 48.0 Å². The summed E-state index contributed by atoms with van der Waals surface area (Å²) in [4.78, 5) is 6.93. The molecular weight excluding hydrogens is 1160 g/mol. The van der Waals surface area contributed by atoms with Gasteiger partial charge in [-0.3, -0.25) is 0 Å². The number of nitrogens with zero attached hydrogens (tertiary/aromatic N) is 3. The molecule has 0 saturated carbocycles. The molecule has 0 aliphatic heterocycles. The minimum atomic E-state index is 0.0621. The van der Waals surface area contributed by atoms with Crippen LogP contribution in [0.4, 0.5) is 62.6 Å². The highest BCUT2D eigenvalue weighted by atomic mass is 35.5. The van der Waals surface area contributed by atoms with Crippen LogP contribution in [0.15, 0.2) is 324 Å². The Kier molecular flexibility index (Phi) is 16.2. The highest BCUT2D eigenvalue weighted by molar-refractivity contribution is 6.31. The third-order valence-electron chi connectivity index (χ3n) is 17.2. The van der Waals surface area contributed by atoms with E-state index in [1.807, 2.05) is 42.5 Å². The van der Waals surface area contributed by atoms with Crippen LogP contribution >= 0.6 is 11.6 Å². The lowest BCUT2D eigenvalue weighted by atomic mass is 9.86. The molecule has 6 nitrogen and oxygen atoms in total. The lowest BCUT2D eigenvalue weighted by molar-refractivity contribution is 0.590. The summed E-state index contributed by atoms with van der Waals surface area (Å²) in [5.74, 6) is 0. The number of para-hydroxylation sites is 8. The van der Waals surface area contributed by atoms with Gasteiger partial charge in [0.05, 0.1) is 33.5 Å². The minimum absolute atomic E-state index is 0.0621. The number of hydrogen-bond acceptors (Lipinski definition) is 6. The number of hydrogen-bond donors (Lipinski definition) is 1. The molecule has 1 N–H and O–H groups in total. The van der Waals surface area contributed by atoms with Crippen molar-refractivity contribution < 1.29 is 8.83 Å². The molecule has 0 saturated heterocycles. The van der Waals surface area contributed by atoms with Crippen molar-refractivity contribution in [3.05, 3.63) is 332 Å². The van der Waals surface area contributed by atoms with E-state index in [-0.39, 0.29) is 10.8 Å². The van der Waals surface area contributed by atoms with Crippen molar-refractivity contribution >= 4 is 118 Å². The molecular formula is C86H71ClN4O2. The summed E-state index contributed by atoms with van der Waals surface area (Å²) >= 11 is 6.72. The molecule has 0 amide bonds. The van der Waals surface area contributed by atoms with Crippen molar-refractivity contribution in [2.75, 3.05) is 20.0 Å². The molecule has 93 heavy (non-hydrogen) atoms. The maximum atomic E-state index is 6.72. The summed E-state index contributed by atoms with van der Waals surface area (Å²) in [6.45, 7) is 13.5. The Labute approximate surface area is 549 Å². The fourth-order valence-corrected chi connectivity index (χ4v) is 12.8. The van der Waals surface area contributed by atoms with Gasteiger partial charge in [-0.15, -0.1) is 0 Å². The molecule has 0 spiro atoms. The number of rotatable bonds is 13. The molecule has 13 aromatic carbocycles. The molecule has 7 heteroatoms. The van der Waals surface area contributed by atoms with Crippen molar-refractivity contribution in [1.29, 1.82) is 0 Å². The maximum Gasteiger partial charge on any atom is 0.139 e. The van der Waals surface area contributed by atoms with E-state index in [1.165, 1.54) is 16.7 Å². The smallest absolute Gasteiger partial charge is 0.139 e. The lowest BCUT2D eigenvalue weighted by Crippen LogP contribution is -2.14. The molecule has 0 radical (unpaired) electrons. The first kappa shape index (κ1) is 59.6. The molecule has 15 rings (SSSR count). The Hall–Kier alpha value is -11.1. The van der Waals surface area contributed by atoms with Crippen molar-refractivity contribution in [3.8, 4) is 22.3 Å². The first-order valence-electron chi connectivity index (χ1n) is 31.7. The van der Waals surface area contributed by atoms with Crippen LogP contribution in [-0.2, 0) is 10.8 Å². The van der Waals surface area contributed by atoms with E-state index in [0.29, 0.717) is 5.02 Å². The highest BCUT2D eigenvalue weighted by Gasteiger charge is 2.27. The molecule has 0 aliphatic rings. The third kappa shape index (κ3) is 12.3. The molecule has 0 atom stereocenters. The van der Waals surface area contributed by atoms with Crippen LogP contribution in [0.1, 0.15) is 52.7 Å². The van der Waals surface area contributed by atoms with Gasteiger partial charge in [0.15, 0.2) is 0 Å². The predicted octanol–water partition coefficient (Wildman–Crippen LogP) is 25.9. The minimum Gasteiger partial charge on any atom is -0.456 e. The van der Waals surface area contributed by atoms with E-state index in [9.17, 15) is 0 Å². The molecule has 0 unspecified atom stereocenters. The predicted molar refractivity (Wildman–Crippen MR) is 394 cm³/mol. The van der Waals surface area contributed by atoms with Gasteiger partial charge in [0, 0.05) is 78.9 Å². The number of anilines is 11. The summed E-state index contributed by atoms with van der Waals surface area (Å²) in [6.07, 6.45) is 0. The van der Waals surface area contributed by atoms with Crippen molar-refractivity contribution in [1.82, 2.24) is 0 Å². The number of benzene rings is 13. The number of nitrogens with one attached hydrogen (secondary N) is 1. The average molecular weight is 1230 g/mol. The van der Waals surface area contributed by atoms with Crippen molar-refractivity contribution in [2.24, 2.45) is 0 Å². The van der Waals surface area contributed by atoms with E-state index < -0.39 is 0 Å². The van der Waals surface area contributed by atoms with Crippen LogP contribution < -0.4 is 20.0 Å². The fraction of sp³-hybridized carbons (Fsp3) is 0.0930. The molecule has 15 aromatic rings. The standard InChI is InChI=1S/C46H37ClN2O.C40H34N2O/c1-46(2,3)33-27-25-32(26-28-33)39-21-10-12-23-41(39)49(37-20-14-15-34(47)29-37)38-30-42(45-40-22-11-13-24-43(40)50-44(45)31-38)48(35-16-6-4-7-17-35)36-18-8-5-9-19-36;1-40(2,3)29-24-22-28(23-25-29)33-18-10-12-20-35(33)41-30-26-36(39-34-19-11-13-21-37(34)43-38(39)27-30)42(31-14-6-4-7-15-31)32-16-8-5-9-17-32/h4-31H,1-3H3;4-27,41H,1-3H3. The number of furan rings is 2. The van der Waals surface area contributed by atoms with Gasteiger partial charge in [-0.1, -0.05) is 253 Å². The first-order chi connectivity index (χ1) is 45.3. The lowest BCUT2D eigenvalue weighted by Gasteiger charge is -2.31. The van der Waals surface area contributed by atoms with Crippen LogP contribution in [0.3, 0.4) is 0 Å². The third-order valence-corrected chi connectivity index (χ3v) is 17.5. The molecule has 0 bridgehead atoms. The molecule has 0 fully saturated rings. The SMILES string of the molecule is CC(C)(C)c1ccc(-c2ccccc2N(c2cccc(Cl)c2)c2cc(N(c3ccccc3)c3ccccc3)c3c(c2)oc2ccccc23)cc1.CC(C)(C)c1ccc(-c2ccccc2Nc2cc(N(c3ccccc3)c3ccccc3)c3c(c2)oc2ccccc23)cc1. The Balaban J connectivity index is 0.000000163. The number of halogens is 1. The van der Waals surface area contributed by atoms with E-state index in [4.69, 9.17) is 20.4 Å². The Morgan fingerprint density at radius 1 is 0.301 bits per heavy atom. The second kappa shape index (κ2) is 25.3. The van der Waals surface area contributed by atoms with Crippen LogP contribution in [0.25, 0.3) is 66.1 Å².